The Balaban J connectivity index is 1.75. The van der Waals surface area contributed by atoms with Gasteiger partial charge in [-0.25, -0.2) is 4.98 Å². The quantitative estimate of drug-likeness (QED) is 0.373. The molecular formula is C26H20N2. The van der Waals surface area contributed by atoms with Crippen LogP contribution in [0.3, 0.4) is 0 Å². The van der Waals surface area contributed by atoms with Gasteiger partial charge in [0.25, 0.3) is 0 Å². The molecule has 2 heterocycles. The molecule has 5 rings (SSSR count). The minimum Gasteiger partial charge on any atom is -0.361 e. The number of aryl methyl sites for hydroxylation is 1. The van der Waals surface area contributed by atoms with Crippen LogP contribution in [0.4, 0.5) is 0 Å². The molecule has 0 unspecified atom stereocenters. The van der Waals surface area contributed by atoms with Crippen molar-refractivity contribution in [3.63, 3.8) is 0 Å². The van der Waals surface area contributed by atoms with E-state index in [-0.39, 0.29) is 0 Å². The molecule has 0 atom stereocenters. The topological polar surface area (TPSA) is 28.7 Å². The molecule has 0 saturated heterocycles. The van der Waals surface area contributed by atoms with Crippen LogP contribution in [-0.2, 0) is 0 Å². The summed E-state index contributed by atoms with van der Waals surface area (Å²) in [5, 5.41) is 1.23. The molecule has 0 amide bonds. The van der Waals surface area contributed by atoms with E-state index in [1.54, 1.807) is 0 Å². The number of aromatic nitrogens is 2. The second kappa shape index (κ2) is 6.82. The fourth-order valence-electron chi connectivity index (χ4n) is 3.68. The minimum atomic E-state index is 0.985. The molecule has 28 heavy (non-hydrogen) atoms. The van der Waals surface area contributed by atoms with E-state index in [0.29, 0.717) is 0 Å². The summed E-state index contributed by atoms with van der Waals surface area (Å²) in [6.07, 6.45) is 2.10. The highest BCUT2D eigenvalue weighted by molar-refractivity contribution is 5.97. The Labute approximate surface area is 164 Å². The molecule has 0 spiro atoms. The highest BCUT2D eigenvalue weighted by Gasteiger charge is 2.12. The van der Waals surface area contributed by atoms with Gasteiger partial charge in [-0.15, -0.1) is 0 Å². The third-order valence-electron chi connectivity index (χ3n) is 5.11. The van der Waals surface area contributed by atoms with Crippen molar-refractivity contribution in [1.29, 1.82) is 0 Å². The summed E-state index contributed by atoms with van der Waals surface area (Å²) in [7, 11) is 0. The molecular weight excluding hydrogens is 340 g/mol. The summed E-state index contributed by atoms with van der Waals surface area (Å²) in [6, 6.07) is 31.7. The SMILES string of the molecule is Cc1ccc2c(-c3cc(-c4ccccc4)nc(-c4ccccc4)c3)c[nH]c2c1. The van der Waals surface area contributed by atoms with Gasteiger partial charge in [-0.3, -0.25) is 0 Å². The summed E-state index contributed by atoms with van der Waals surface area (Å²) < 4.78 is 0. The predicted octanol–water partition coefficient (Wildman–Crippen LogP) is 6.87. The third-order valence-corrected chi connectivity index (χ3v) is 5.11. The Hall–Kier alpha value is -3.65. The monoisotopic (exact) mass is 360 g/mol. The van der Waals surface area contributed by atoms with E-state index in [9.17, 15) is 0 Å². The number of nitrogens with zero attached hydrogens (tertiary/aromatic N) is 1. The standard InChI is InChI=1S/C26H20N2/c1-18-12-13-22-23(17-27-26(22)14-18)21-15-24(19-8-4-2-5-9-19)28-25(16-21)20-10-6-3-7-11-20/h2-17,27H,1H3. The Morgan fingerprint density at radius 1 is 0.643 bits per heavy atom. The van der Waals surface area contributed by atoms with Crippen LogP contribution in [0.5, 0.6) is 0 Å². The Morgan fingerprint density at radius 2 is 1.25 bits per heavy atom. The molecule has 2 heteroatoms. The highest BCUT2D eigenvalue weighted by Crippen LogP contribution is 2.34. The van der Waals surface area contributed by atoms with E-state index in [0.717, 1.165) is 28.0 Å². The van der Waals surface area contributed by atoms with Gasteiger partial charge in [0.05, 0.1) is 11.4 Å². The van der Waals surface area contributed by atoms with Gasteiger partial charge in [0, 0.05) is 33.8 Å². The molecule has 0 aliphatic heterocycles. The molecule has 0 aliphatic carbocycles. The second-order valence-electron chi connectivity index (χ2n) is 7.11. The van der Waals surface area contributed by atoms with Crippen molar-refractivity contribution >= 4 is 10.9 Å². The van der Waals surface area contributed by atoms with E-state index in [4.69, 9.17) is 4.98 Å². The maximum atomic E-state index is 4.97. The Kier molecular flexibility index (Phi) is 4.02. The second-order valence-corrected chi connectivity index (χ2v) is 7.11. The first-order valence-corrected chi connectivity index (χ1v) is 9.49. The molecule has 2 nitrogen and oxygen atoms in total. The van der Waals surface area contributed by atoms with Crippen molar-refractivity contribution in [3.05, 3.63) is 103 Å². The summed E-state index contributed by atoms with van der Waals surface area (Å²) in [4.78, 5) is 8.39. The number of hydrogen-bond donors (Lipinski definition) is 1. The molecule has 3 aromatic carbocycles. The highest BCUT2D eigenvalue weighted by atomic mass is 14.7. The largest absolute Gasteiger partial charge is 0.361 e. The van der Waals surface area contributed by atoms with Crippen LogP contribution >= 0.6 is 0 Å². The number of nitrogens with one attached hydrogen (secondary N) is 1. The van der Waals surface area contributed by atoms with Crippen molar-refractivity contribution in [2.45, 2.75) is 6.92 Å². The number of hydrogen-bond acceptors (Lipinski definition) is 1. The Morgan fingerprint density at radius 3 is 1.86 bits per heavy atom. The maximum absolute atomic E-state index is 4.97. The first-order chi connectivity index (χ1) is 13.8. The Bertz CT molecular complexity index is 1190. The summed E-state index contributed by atoms with van der Waals surface area (Å²) in [6.45, 7) is 2.12. The summed E-state index contributed by atoms with van der Waals surface area (Å²) in [5.74, 6) is 0. The maximum Gasteiger partial charge on any atom is 0.0715 e. The van der Waals surface area contributed by atoms with E-state index < -0.39 is 0 Å². The van der Waals surface area contributed by atoms with Crippen LogP contribution in [0.1, 0.15) is 5.56 Å². The first-order valence-electron chi connectivity index (χ1n) is 9.49. The van der Waals surface area contributed by atoms with E-state index >= 15 is 0 Å². The van der Waals surface area contributed by atoms with Crippen LogP contribution < -0.4 is 0 Å². The smallest absolute Gasteiger partial charge is 0.0715 e. The number of benzene rings is 3. The molecule has 5 aromatic rings. The lowest BCUT2D eigenvalue weighted by atomic mass is 9.99. The van der Waals surface area contributed by atoms with Crippen LogP contribution in [0.25, 0.3) is 44.5 Å². The molecule has 0 bridgehead atoms. The van der Waals surface area contributed by atoms with Crippen molar-refractivity contribution in [2.24, 2.45) is 0 Å². The zero-order valence-electron chi connectivity index (χ0n) is 15.7. The predicted molar refractivity (Wildman–Crippen MR) is 117 cm³/mol. The van der Waals surface area contributed by atoms with Crippen molar-refractivity contribution in [2.75, 3.05) is 0 Å². The molecule has 0 radical (unpaired) electrons. The lowest BCUT2D eigenvalue weighted by Gasteiger charge is -2.10. The molecule has 1 N–H and O–H groups in total. The normalized spacial score (nSPS) is 11.0. The number of H-pyrrole nitrogens is 1. The first kappa shape index (κ1) is 16.5. The van der Waals surface area contributed by atoms with Crippen molar-refractivity contribution in [3.8, 4) is 33.6 Å². The van der Waals surface area contributed by atoms with Gasteiger partial charge >= 0.3 is 0 Å². The zero-order valence-corrected chi connectivity index (χ0v) is 15.7. The van der Waals surface area contributed by atoms with Gasteiger partial charge in [-0.1, -0.05) is 72.8 Å². The summed E-state index contributed by atoms with van der Waals surface area (Å²) >= 11 is 0. The molecule has 0 fully saturated rings. The average Bonchev–Trinajstić information content (AvgIpc) is 3.18. The van der Waals surface area contributed by atoms with E-state index in [1.807, 2.05) is 12.1 Å². The van der Waals surface area contributed by atoms with Gasteiger partial charge in [-0.05, 0) is 36.2 Å². The van der Waals surface area contributed by atoms with Gasteiger partial charge < -0.3 is 4.98 Å². The van der Waals surface area contributed by atoms with E-state index in [2.05, 4.69) is 97.0 Å². The third kappa shape index (κ3) is 2.99. The summed E-state index contributed by atoms with van der Waals surface area (Å²) in [5.41, 5.74) is 9.00. The van der Waals surface area contributed by atoms with Crippen molar-refractivity contribution < 1.29 is 0 Å². The fraction of sp³-hybridized carbons (Fsp3) is 0.0385. The molecule has 134 valence electrons. The molecule has 0 aliphatic rings. The lowest BCUT2D eigenvalue weighted by molar-refractivity contribution is 1.32. The van der Waals surface area contributed by atoms with Crippen LogP contribution in [0.15, 0.2) is 97.2 Å². The average molecular weight is 360 g/mol. The lowest BCUT2D eigenvalue weighted by Crippen LogP contribution is -1.90. The van der Waals surface area contributed by atoms with Gasteiger partial charge in [0.15, 0.2) is 0 Å². The number of pyridine rings is 1. The van der Waals surface area contributed by atoms with Gasteiger partial charge in [0.2, 0.25) is 0 Å². The fourth-order valence-corrected chi connectivity index (χ4v) is 3.68. The number of rotatable bonds is 3. The zero-order chi connectivity index (χ0) is 18.9. The molecule has 2 aromatic heterocycles. The van der Waals surface area contributed by atoms with Crippen LogP contribution in [0.2, 0.25) is 0 Å². The van der Waals surface area contributed by atoms with Gasteiger partial charge in [0.1, 0.15) is 0 Å². The van der Waals surface area contributed by atoms with Crippen LogP contribution in [0, 0.1) is 6.92 Å². The molecule has 0 saturated carbocycles. The van der Waals surface area contributed by atoms with Crippen LogP contribution in [-0.4, -0.2) is 9.97 Å². The number of aromatic amines is 1. The van der Waals surface area contributed by atoms with E-state index in [1.165, 1.54) is 22.1 Å². The van der Waals surface area contributed by atoms with Crippen molar-refractivity contribution in [1.82, 2.24) is 9.97 Å². The minimum absolute atomic E-state index is 0.985. The van der Waals surface area contributed by atoms with Gasteiger partial charge in [-0.2, -0.15) is 0 Å². The number of fused-ring (bicyclic) bond motifs is 1.